The van der Waals surface area contributed by atoms with Gasteiger partial charge in [-0.15, -0.1) is 0 Å². The van der Waals surface area contributed by atoms with Gasteiger partial charge in [0, 0.05) is 0 Å². The Labute approximate surface area is 267 Å². The van der Waals surface area contributed by atoms with Crippen LogP contribution in [0, 0.1) is 0 Å². The molecule has 0 bridgehead atoms. The predicted molar refractivity (Wildman–Crippen MR) is 194 cm³/mol. The van der Waals surface area contributed by atoms with E-state index in [-0.39, 0.29) is 0 Å². The van der Waals surface area contributed by atoms with Crippen LogP contribution in [0.2, 0.25) is 0 Å². The van der Waals surface area contributed by atoms with E-state index in [0.29, 0.717) is 4.90 Å². The number of fused-ring (bicyclic) bond motifs is 1. The average molecular weight is 635 g/mol. The molecule has 0 radical (unpaired) electrons. The standard InChI is InChI=1S/C38H67O3PS/c1-7-13-19-21-25-34-33-35-26-23-24-28-37(35)38(36(34)27-22-20-14-8-2)43(39,40)41-42(29-15-9-3,30-16-10-4,31-17-11-5)32-18-12-6/h23-24,26,28,33H,7-22,25,27,29-32H2,1-6H3. The minimum absolute atomic E-state index is 0.516. The van der Waals surface area contributed by atoms with E-state index in [2.05, 4.69) is 53.7 Å². The molecule has 2 aromatic carbocycles. The molecule has 3 nitrogen and oxygen atoms in total. The van der Waals surface area contributed by atoms with Gasteiger partial charge in [-0.25, -0.2) is 0 Å². The van der Waals surface area contributed by atoms with Crippen LogP contribution in [0.25, 0.3) is 10.8 Å². The Morgan fingerprint density at radius 3 is 1.53 bits per heavy atom. The molecule has 0 atom stereocenters. The van der Waals surface area contributed by atoms with Gasteiger partial charge in [-0.1, -0.05) is 0 Å². The zero-order valence-corrected chi connectivity index (χ0v) is 30.7. The number of unbranched alkanes of at least 4 members (excludes halogenated alkanes) is 10. The molecule has 43 heavy (non-hydrogen) atoms. The quantitative estimate of drug-likeness (QED) is 0.0806. The Balaban J connectivity index is 2.84. The van der Waals surface area contributed by atoms with E-state index >= 15 is 8.42 Å². The third-order valence-corrected chi connectivity index (χ3v) is 18.9. The molecule has 0 aliphatic carbocycles. The molecule has 0 heterocycles. The average Bonchev–Trinajstić information content (AvgIpc) is 3.01. The number of rotatable bonds is 25. The van der Waals surface area contributed by atoms with Crippen molar-refractivity contribution < 1.29 is 12.4 Å². The molecular weight excluding hydrogens is 567 g/mol. The van der Waals surface area contributed by atoms with Gasteiger partial charge < -0.3 is 0 Å². The maximum absolute atomic E-state index is 15.2. The minimum atomic E-state index is -4.00. The fourth-order valence-corrected chi connectivity index (χ4v) is 17.5. The van der Waals surface area contributed by atoms with E-state index in [1.54, 1.807) is 0 Å². The first-order valence-corrected chi connectivity index (χ1v) is 22.6. The van der Waals surface area contributed by atoms with Gasteiger partial charge in [0.05, 0.1) is 0 Å². The predicted octanol–water partition coefficient (Wildman–Crippen LogP) is 12.5. The fourth-order valence-electron chi connectivity index (χ4n) is 7.03. The van der Waals surface area contributed by atoms with Crippen LogP contribution in [-0.2, 0) is 26.9 Å². The summed E-state index contributed by atoms with van der Waals surface area (Å²) in [5, 5.41) is 1.90. The number of hydrogen-bond donors (Lipinski definition) is 0. The molecule has 248 valence electrons. The first kappa shape index (κ1) is 38.2. The summed E-state index contributed by atoms with van der Waals surface area (Å²) in [6, 6.07) is 10.5. The van der Waals surface area contributed by atoms with Crippen molar-refractivity contribution in [1.82, 2.24) is 0 Å². The Bertz CT molecular complexity index is 1130. The number of aryl methyl sites for hydroxylation is 1. The van der Waals surface area contributed by atoms with Crippen molar-refractivity contribution in [3.05, 3.63) is 41.5 Å². The molecule has 0 spiro atoms. The van der Waals surface area contributed by atoms with E-state index in [4.69, 9.17) is 3.97 Å². The van der Waals surface area contributed by atoms with Gasteiger partial charge in [0.15, 0.2) is 0 Å². The third-order valence-electron chi connectivity index (χ3n) is 9.64. The van der Waals surface area contributed by atoms with Crippen LogP contribution in [0.5, 0.6) is 0 Å². The molecule has 2 rings (SSSR count). The summed E-state index contributed by atoms with van der Waals surface area (Å²) < 4.78 is 37.5. The number of hydrogen-bond acceptors (Lipinski definition) is 3. The fraction of sp³-hybridized carbons (Fsp3) is 0.737. The van der Waals surface area contributed by atoms with E-state index in [1.807, 2.05) is 18.2 Å². The van der Waals surface area contributed by atoms with Crippen LogP contribution in [-0.4, -0.2) is 33.1 Å². The summed E-state index contributed by atoms with van der Waals surface area (Å²) in [6.07, 6.45) is 23.3. The molecule has 0 aliphatic rings. The van der Waals surface area contributed by atoms with Gasteiger partial charge in [0.2, 0.25) is 0 Å². The molecular formula is C38H67O3PS. The van der Waals surface area contributed by atoms with Crippen LogP contribution in [0.1, 0.15) is 155 Å². The normalized spacial score (nSPS) is 13.4. The van der Waals surface area contributed by atoms with Gasteiger partial charge in [0.25, 0.3) is 0 Å². The Hall–Kier alpha value is -0.960. The molecule has 5 heteroatoms. The van der Waals surface area contributed by atoms with E-state index < -0.39 is 16.9 Å². The zero-order chi connectivity index (χ0) is 31.6. The van der Waals surface area contributed by atoms with Gasteiger partial charge in [0.1, 0.15) is 0 Å². The molecule has 0 N–H and O–H groups in total. The molecule has 0 saturated carbocycles. The molecule has 2 aromatic rings. The Morgan fingerprint density at radius 2 is 1.05 bits per heavy atom. The van der Waals surface area contributed by atoms with Crippen LogP contribution >= 0.6 is 6.83 Å². The summed E-state index contributed by atoms with van der Waals surface area (Å²) in [4.78, 5) is 0.516. The monoisotopic (exact) mass is 634 g/mol. The summed E-state index contributed by atoms with van der Waals surface area (Å²) in [5.74, 6) is 0. The van der Waals surface area contributed by atoms with Crippen LogP contribution in [0.4, 0.5) is 0 Å². The van der Waals surface area contributed by atoms with Crippen molar-refractivity contribution in [3.63, 3.8) is 0 Å². The zero-order valence-electron chi connectivity index (χ0n) is 29.0. The van der Waals surface area contributed by atoms with Crippen molar-refractivity contribution in [2.24, 2.45) is 0 Å². The molecule has 0 aliphatic heterocycles. The van der Waals surface area contributed by atoms with Crippen molar-refractivity contribution in [3.8, 4) is 0 Å². The van der Waals surface area contributed by atoms with E-state index in [1.165, 1.54) is 37.7 Å². The van der Waals surface area contributed by atoms with Crippen LogP contribution in [0.3, 0.4) is 0 Å². The maximum atomic E-state index is 15.2. The summed E-state index contributed by atoms with van der Waals surface area (Å²) in [6.45, 7) is 10.4. The second-order valence-electron chi connectivity index (χ2n) is 13.4. The topological polar surface area (TPSA) is 43.4 Å². The molecule has 0 aromatic heterocycles. The Morgan fingerprint density at radius 1 is 0.581 bits per heavy atom. The molecule has 0 saturated heterocycles. The summed E-state index contributed by atoms with van der Waals surface area (Å²) in [5.41, 5.74) is 2.29. The van der Waals surface area contributed by atoms with Crippen molar-refractivity contribution in [2.45, 2.75) is 162 Å². The van der Waals surface area contributed by atoms with Crippen molar-refractivity contribution in [2.75, 3.05) is 24.6 Å². The summed E-state index contributed by atoms with van der Waals surface area (Å²) >= 11 is 0. The van der Waals surface area contributed by atoms with E-state index in [0.717, 1.165) is 124 Å². The van der Waals surface area contributed by atoms with Gasteiger partial charge >= 0.3 is 268 Å². The van der Waals surface area contributed by atoms with Gasteiger partial charge in [-0.3, -0.25) is 0 Å². The Kier molecular flexibility index (Phi) is 17.4. The molecule has 0 unspecified atom stereocenters. The van der Waals surface area contributed by atoms with Crippen molar-refractivity contribution in [1.29, 1.82) is 0 Å². The SMILES string of the molecule is CCCCCCc1cc2ccccc2c(S(=O)(=O)OP(CCCC)(CCCC)(CCCC)CCCC)c1CCCCCC. The molecule has 0 amide bonds. The van der Waals surface area contributed by atoms with Crippen LogP contribution in [0.15, 0.2) is 35.2 Å². The van der Waals surface area contributed by atoms with Gasteiger partial charge in [-0.05, 0) is 0 Å². The second kappa shape index (κ2) is 19.5. The summed E-state index contributed by atoms with van der Waals surface area (Å²) in [7, 11) is -4.00. The van der Waals surface area contributed by atoms with E-state index in [9.17, 15) is 0 Å². The number of benzene rings is 2. The van der Waals surface area contributed by atoms with Crippen LogP contribution < -0.4 is 0 Å². The third kappa shape index (κ3) is 11.1. The second-order valence-corrected chi connectivity index (χ2v) is 20.8. The van der Waals surface area contributed by atoms with Crippen molar-refractivity contribution >= 4 is 27.7 Å². The molecule has 0 fully saturated rings. The first-order chi connectivity index (χ1) is 20.7. The van der Waals surface area contributed by atoms with Gasteiger partial charge in [-0.2, -0.15) is 0 Å². The first-order valence-electron chi connectivity index (χ1n) is 18.3.